The Balaban J connectivity index is 1.47. The zero-order chi connectivity index (χ0) is 29.4. The number of ether oxygens (including phenoxy) is 1. The smallest absolute Gasteiger partial charge is 0.352 e. The predicted octanol–water partition coefficient (Wildman–Crippen LogP) is -1.89. The average molecular weight is 628 g/mol. The lowest BCUT2D eigenvalue weighted by Gasteiger charge is -2.49. The van der Waals surface area contributed by atoms with E-state index in [1.165, 1.54) is 21.8 Å². The molecule has 41 heavy (non-hydrogen) atoms. The van der Waals surface area contributed by atoms with Crippen LogP contribution < -0.4 is 10.6 Å². The number of rotatable bonds is 16. The number of β-lactam (4-membered cyclic amide) rings is 1. The van der Waals surface area contributed by atoms with Gasteiger partial charge in [-0.2, -0.15) is 0 Å². The Labute approximate surface area is 242 Å². The van der Waals surface area contributed by atoms with E-state index in [-0.39, 0.29) is 66.6 Å². The number of carboxylic acid groups (broad SMARTS) is 1. The van der Waals surface area contributed by atoms with E-state index >= 15 is 0 Å². The molecule has 4 rings (SSSR count). The summed E-state index contributed by atoms with van der Waals surface area (Å²) in [5.41, 5.74) is 0.00724. The van der Waals surface area contributed by atoms with Crippen molar-refractivity contribution >= 4 is 76.4 Å². The van der Waals surface area contributed by atoms with Crippen LogP contribution >= 0.6 is 34.9 Å². The summed E-state index contributed by atoms with van der Waals surface area (Å²) in [6.45, 7) is -0.0953. The Hall–Kier alpha value is -4.08. The highest BCUT2D eigenvalue weighted by Gasteiger charge is 2.54. The fourth-order valence-corrected chi connectivity index (χ4v) is 6.68. The summed E-state index contributed by atoms with van der Waals surface area (Å²) in [5.74, 6) is -2.34. The van der Waals surface area contributed by atoms with Crippen LogP contribution in [0.2, 0.25) is 0 Å². The monoisotopic (exact) mass is 627 g/mol. The molecule has 0 radical (unpaired) electrons. The van der Waals surface area contributed by atoms with Crippen LogP contribution in [-0.2, 0) is 40.1 Å². The third-order valence-electron chi connectivity index (χ3n) is 5.38. The molecule has 1 fully saturated rings. The van der Waals surface area contributed by atoms with Crippen LogP contribution in [0.4, 0.5) is 5.13 Å². The van der Waals surface area contributed by atoms with Gasteiger partial charge in [-0.3, -0.25) is 24.1 Å². The highest BCUT2D eigenvalue weighted by Crippen LogP contribution is 2.41. The number of aromatic nitrogens is 5. The summed E-state index contributed by atoms with van der Waals surface area (Å²) < 4.78 is 5.89. The van der Waals surface area contributed by atoms with Gasteiger partial charge in [-0.25, -0.2) is 14.5 Å². The zero-order valence-corrected chi connectivity index (χ0v) is 23.2. The highest BCUT2D eigenvalue weighted by molar-refractivity contribution is 8.01. The second kappa shape index (κ2) is 14.0. The first-order valence-electron chi connectivity index (χ1n) is 11.5. The van der Waals surface area contributed by atoms with Gasteiger partial charge in [0.2, 0.25) is 11.6 Å². The number of carboxylic acids is 1. The maximum absolute atomic E-state index is 13.2. The maximum Gasteiger partial charge on any atom is 0.352 e. The Morgan fingerprint density at radius 3 is 2.88 bits per heavy atom. The Morgan fingerprint density at radius 1 is 1.32 bits per heavy atom. The van der Waals surface area contributed by atoms with Gasteiger partial charge in [0.25, 0.3) is 18.3 Å². The number of aliphatic hydroxyl groups excluding tert-OH is 1. The molecular weight excluding hydrogens is 606 g/mol. The molecule has 2 aliphatic rings. The number of oxime groups is 1. The van der Waals surface area contributed by atoms with Gasteiger partial charge in [0.15, 0.2) is 17.5 Å². The molecule has 18 nitrogen and oxygen atoms in total. The molecule has 0 aromatic carbocycles. The molecule has 0 bridgehead atoms. The van der Waals surface area contributed by atoms with Crippen molar-refractivity contribution < 1.29 is 43.8 Å². The van der Waals surface area contributed by atoms with Crippen molar-refractivity contribution in [3.8, 4) is 0 Å². The number of aliphatic carboxylic acids is 1. The lowest BCUT2D eigenvalue weighted by molar-refractivity contribution is -0.150. The van der Waals surface area contributed by atoms with Crippen molar-refractivity contribution in [2.75, 3.05) is 36.6 Å². The number of amides is 3. The van der Waals surface area contributed by atoms with Gasteiger partial charge in [0, 0.05) is 16.9 Å². The number of anilines is 1. The van der Waals surface area contributed by atoms with Crippen LogP contribution in [0.25, 0.3) is 0 Å². The second-order valence-corrected chi connectivity index (χ2v) is 10.8. The number of nitrogens with one attached hydrogen (secondary N) is 2. The molecule has 4 heterocycles. The molecule has 0 spiro atoms. The van der Waals surface area contributed by atoms with Crippen molar-refractivity contribution in [3.63, 3.8) is 0 Å². The summed E-state index contributed by atoms with van der Waals surface area (Å²) in [6, 6.07) is -1.07. The molecule has 2 aromatic rings. The van der Waals surface area contributed by atoms with E-state index in [9.17, 15) is 29.1 Å². The summed E-state index contributed by atoms with van der Waals surface area (Å²) in [6.07, 6.45) is 0.409. The molecule has 2 aromatic heterocycles. The SMILES string of the molecule is O=CNc1nc(/C(=N/OCCOC=O)C(=O)NC2C(=O)N3C(C(=O)O)=C(CSc4nnnn4CCO)CS[C@H]23)cs1. The van der Waals surface area contributed by atoms with Crippen molar-refractivity contribution in [2.24, 2.45) is 5.16 Å². The normalized spacial score (nSPS) is 18.3. The van der Waals surface area contributed by atoms with Crippen LogP contribution in [0.5, 0.6) is 0 Å². The van der Waals surface area contributed by atoms with E-state index in [4.69, 9.17) is 9.94 Å². The average Bonchev–Trinajstić information content (AvgIpc) is 3.61. The first-order chi connectivity index (χ1) is 19.9. The number of thiazole rings is 1. The number of aliphatic hydroxyl groups is 1. The molecule has 2 atom stereocenters. The minimum atomic E-state index is -1.30. The van der Waals surface area contributed by atoms with Gasteiger partial charge in [-0.15, -0.1) is 28.2 Å². The van der Waals surface area contributed by atoms with E-state index < -0.39 is 29.2 Å². The number of hydrogen-bond acceptors (Lipinski definition) is 16. The third-order valence-corrected chi connectivity index (χ3v) is 8.54. The van der Waals surface area contributed by atoms with Crippen LogP contribution in [0.1, 0.15) is 5.69 Å². The van der Waals surface area contributed by atoms with Gasteiger partial charge in [0.05, 0.1) is 13.2 Å². The topological polar surface area (TPSA) is 240 Å². The van der Waals surface area contributed by atoms with E-state index in [1.807, 2.05) is 0 Å². The van der Waals surface area contributed by atoms with Crippen molar-refractivity contribution in [1.29, 1.82) is 0 Å². The lowest BCUT2D eigenvalue weighted by Crippen LogP contribution is -2.71. The lowest BCUT2D eigenvalue weighted by atomic mass is 10.0. The van der Waals surface area contributed by atoms with Gasteiger partial charge in [0.1, 0.15) is 29.4 Å². The molecule has 1 saturated heterocycles. The molecule has 0 aliphatic carbocycles. The van der Waals surface area contributed by atoms with E-state index in [0.717, 1.165) is 28.0 Å². The molecule has 0 saturated carbocycles. The number of thioether (sulfide) groups is 2. The molecule has 3 amide bonds. The maximum atomic E-state index is 13.2. The summed E-state index contributed by atoms with van der Waals surface area (Å²) >= 11 is 3.45. The van der Waals surface area contributed by atoms with Gasteiger partial charge in [-0.1, -0.05) is 16.9 Å². The van der Waals surface area contributed by atoms with E-state index in [2.05, 4.69) is 41.0 Å². The highest BCUT2D eigenvalue weighted by atomic mass is 32.2. The predicted molar refractivity (Wildman–Crippen MR) is 142 cm³/mol. The zero-order valence-electron chi connectivity index (χ0n) is 20.7. The number of carbonyl (C=O) groups excluding carboxylic acids is 4. The van der Waals surface area contributed by atoms with Crippen molar-refractivity contribution in [1.82, 2.24) is 35.4 Å². The first-order valence-corrected chi connectivity index (χ1v) is 14.4. The standard InChI is InChI=1S/C20H21N9O9S3/c30-2-1-28-20(24-26-27-28)41-6-10-5-39-17-13(16(34)29(17)14(10)18(35)36)23-15(33)12(25-38-4-3-37-9-32)11-7-40-19(22-11)21-8-31/h7-9,13,17,30H,1-6H2,(H,23,33)(H,35,36)(H,21,22,31)/b25-12-/t13?,17-/m1/s1. The largest absolute Gasteiger partial charge is 0.477 e. The Morgan fingerprint density at radius 2 is 2.15 bits per heavy atom. The number of nitrogens with zero attached hydrogens (tertiary/aromatic N) is 7. The van der Waals surface area contributed by atoms with E-state index in [1.54, 1.807) is 0 Å². The minimum absolute atomic E-state index is 0.0436. The van der Waals surface area contributed by atoms with Crippen molar-refractivity contribution in [2.45, 2.75) is 23.1 Å². The number of tetrazole rings is 1. The first kappa shape index (κ1) is 29.9. The molecule has 1 unspecified atom stereocenters. The van der Waals surface area contributed by atoms with Crippen LogP contribution in [0, 0.1) is 0 Å². The van der Waals surface area contributed by atoms with Crippen LogP contribution in [0.3, 0.4) is 0 Å². The molecule has 4 N–H and O–H groups in total. The van der Waals surface area contributed by atoms with Gasteiger partial charge >= 0.3 is 5.97 Å². The fraction of sp³-hybridized carbons (Fsp3) is 0.400. The van der Waals surface area contributed by atoms with Crippen LogP contribution in [0.15, 0.2) is 27.0 Å². The van der Waals surface area contributed by atoms with Crippen LogP contribution in [-0.4, -0.2) is 119 Å². The van der Waals surface area contributed by atoms with Gasteiger partial charge < -0.3 is 30.4 Å². The third kappa shape index (κ3) is 6.81. The summed E-state index contributed by atoms with van der Waals surface area (Å²) in [7, 11) is 0. The Bertz CT molecular complexity index is 1380. The van der Waals surface area contributed by atoms with Gasteiger partial charge in [-0.05, 0) is 16.0 Å². The number of fused-ring (bicyclic) bond motifs is 1. The quantitative estimate of drug-likeness (QED) is 0.0397. The second-order valence-electron chi connectivity index (χ2n) is 7.86. The molecule has 2 aliphatic heterocycles. The molecular formula is C20H21N9O9S3. The number of carbonyl (C=O) groups is 5. The van der Waals surface area contributed by atoms with E-state index in [0.29, 0.717) is 17.1 Å². The molecule has 21 heteroatoms. The fourth-order valence-electron chi connectivity index (χ4n) is 3.64. The Kier molecular flexibility index (Phi) is 10.2. The molecule has 218 valence electrons. The summed E-state index contributed by atoms with van der Waals surface area (Å²) in [4.78, 5) is 69.7. The minimum Gasteiger partial charge on any atom is -0.477 e. The number of hydrogen-bond donors (Lipinski definition) is 4. The summed E-state index contributed by atoms with van der Waals surface area (Å²) in [5, 5.41) is 40.2. The van der Waals surface area contributed by atoms with Crippen molar-refractivity contribution in [3.05, 3.63) is 22.3 Å².